The summed E-state index contributed by atoms with van der Waals surface area (Å²) < 4.78 is 0. The molecule has 1 aliphatic carbocycles. The molecule has 1 aliphatic rings. The van der Waals surface area contributed by atoms with E-state index < -0.39 is 0 Å². The van der Waals surface area contributed by atoms with Gasteiger partial charge in [0.1, 0.15) is 5.75 Å². The highest BCUT2D eigenvalue weighted by molar-refractivity contribution is 5.28. The number of aliphatic hydroxyl groups excluding tert-OH is 1. The van der Waals surface area contributed by atoms with Crippen molar-refractivity contribution in [1.82, 2.24) is 5.32 Å². The molecular weight excluding hydrogens is 202 g/mol. The number of hydrogen-bond donors (Lipinski definition) is 3. The molecule has 1 unspecified atom stereocenters. The maximum atomic E-state index is 9.35. The minimum atomic E-state index is 0.126. The van der Waals surface area contributed by atoms with E-state index in [0.29, 0.717) is 6.04 Å². The van der Waals surface area contributed by atoms with Gasteiger partial charge in [-0.15, -0.1) is 0 Å². The number of nitrogens with one attached hydrogen (secondary N) is 1. The average Bonchev–Trinajstić information content (AvgIpc) is 2.24. The molecule has 0 aromatic heterocycles. The molecule has 0 aliphatic heterocycles. The zero-order valence-electron chi connectivity index (χ0n) is 9.39. The van der Waals surface area contributed by atoms with Gasteiger partial charge in [0.15, 0.2) is 0 Å². The summed E-state index contributed by atoms with van der Waals surface area (Å²) in [5.41, 5.74) is 1.08. The number of phenolic OH excluding ortho intramolecular Hbond substituents is 1. The van der Waals surface area contributed by atoms with Crippen LogP contribution in [0.2, 0.25) is 0 Å². The zero-order chi connectivity index (χ0) is 11.4. The van der Waals surface area contributed by atoms with E-state index in [4.69, 9.17) is 0 Å². The summed E-state index contributed by atoms with van der Waals surface area (Å²) in [5.74, 6) is 0.397. The van der Waals surface area contributed by atoms with Gasteiger partial charge < -0.3 is 15.5 Å². The number of aliphatic hydroxyl groups is 1. The third-order valence-corrected chi connectivity index (χ3v) is 3.34. The minimum absolute atomic E-state index is 0.126. The highest BCUT2D eigenvalue weighted by Crippen LogP contribution is 2.21. The molecule has 3 heteroatoms. The Labute approximate surface area is 96.1 Å². The van der Waals surface area contributed by atoms with Crippen molar-refractivity contribution < 1.29 is 10.2 Å². The molecule has 1 fully saturated rings. The van der Waals surface area contributed by atoms with E-state index in [9.17, 15) is 10.2 Å². The van der Waals surface area contributed by atoms with Crippen molar-refractivity contribution in [2.45, 2.75) is 31.2 Å². The SMILES string of the molecule is OCC(CNC1CCC1)c1ccc(O)cc1. The molecule has 1 atom stereocenters. The summed E-state index contributed by atoms with van der Waals surface area (Å²) in [6.45, 7) is 0.955. The Morgan fingerprint density at radius 2 is 1.94 bits per heavy atom. The number of benzene rings is 1. The standard InChI is InChI=1S/C13H19NO2/c15-9-11(8-14-12-2-1-3-12)10-4-6-13(16)7-5-10/h4-7,11-12,14-16H,1-3,8-9H2. The van der Waals surface area contributed by atoms with Gasteiger partial charge in [-0.05, 0) is 30.5 Å². The van der Waals surface area contributed by atoms with Gasteiger partial charge in [0.05, 0.1) is 6.61 Å². The maximum absolute atomic E-state index is 9.35. The van der Waals surface area contributed by atoms with Crippen LogP contribution in [0.25, 0.3) is 0 Å². The Hall–Kier alpha value is -1.06. The Morgan fingerprint density at radius 1 is 1.25 bits per heavy atom. The number of phenols is 1. The van der Waals surface area contributed by atoms with E-state index >= 15 is 0 Å². The Morgan fingerprint density at radius 3 is 2.44 bits per heavy atom. The van der Waals surface area contributed by atoms with Gasteiger partial charge in [-0.3, -0.25) is 0 Å². The van der Waals surface area contributed by atoms with Crippen molar-refractivity contribution in [3.05, 3.63) is 29.8 Å². The van der Waals surface area contributed by atoms with Crippen LogP contribution in [-0.4, -0.2) is 29.4 Å². The molecule has 88 valence electrons. The van der Waals surface area contributed by atoms with Gasteiger partial charge >= 0.3 is 0 Å². The summed E-state index contributed by atoms with van der Waals surface area (Å²) in [7, 11) is 0. The molecule has 16 heavy (non-hydrogen) atoms. The van der Waals surface area contributed by atoms with Crippen LogP contribution in [-0.2, 0) is 0 Å². The molecule has 0 heterocycles. The van der Waals surface area contributed by atoms with Crippen molar-refractivity contribution >= 4 is 0 Å². The summed E-state index contributed by atoms with van der Waals surface area (Å²) >= 11 is 0. The smallest absolute Gasteiger partial charge is 0.115 e. The first-order chi connectivity index (χ1) is 7.79. The summed E-state index contributed by atoms with van der Waals surface area (Å²) in [6.07, 6.45) is 3.84. The second-order valence-electron chi connectivity index (χ2n) is 4.51. The molecular formula is C13H19NO2. The number of aromatic hydroxyl groups is 1. The van der Waals surface area contributed by atoms with Crippen LogP contribution in [0, 0.1) is 0 Å². The molecule has 3 nitrogen and oxygen atoms in total. The lowest BCUT2D eigenvalue weighted by molar-refractivity contribution is 0.247. The summed E-state index contributed by atoms with van der Waals surface area (Å²) in [4.78, 5) is 0. The first-order valence-corrected chi connectivity index (χ1v) is 5.93. The van der Waals surface area contributed by atoms with Crippen molar-refractivity contribution in [2.24, 2.45) is 0 Å². The lowest BCUT2D eigenvalue weighted by atomic mass is 9.92. The van der Waals surface area contributed by atoms with Crippen LogP contribution in [0.4, 0.5) is 0 Å². The molecule has 2 rings (SSSR count). The third-order valence-electron chi connectivity index (χ3n) is 3.34. The van der Waals surface area contributed by atoms with Crippen LogP contribution >= 0.6 is 0 Å². The number of hydrogen-bond acceptors (Lipinski definition) is 3. The molecule has 0 bridgehead atoms. The van der Waals surface area contributed by atoms with Crippen LogP contribution in [0.1, 0.15) is 30.7 Å². The predicted molar refractivity (Wildman–Crippen MR) is 63.6 cm³/mol. The minimum Gasteiger partial charge on any atom is -0.508 e. The van der Waals surface area contributed by atoms with Crippen LogP contribution in [0.3, 0.4) is 0 Å². The van der Waals surface area contributed by atoms with Gasteiger partial charge in [0.2, 0.25) is 0 Å². The Kier molecular flexibility index (Phi) is 3.80. The van der Waals surface area contributed by atoms with E-state index in [1.54, 1.807) is 12.1 Å². The summed E-state index contributed by atoms with van der Waals surface area (Å²) in [6, 6.07) is 7.73. The largest absolute Gasteiger partial charge is 0.508 e. The topological polar surface area (TPSA) is 52.5 Å². The monoisotopic (exact) mass is 221 g/mol. The van der Waals surface area contributed by atoms with Crippen molar-refractivity contribution in [2.75, 3.05) is 13.2 Å². The second-order valence-corrected chi connectivity index (χ2v) is 4.51. The molecule has 3 N–H and O–H groups in total. The van der Waals surface area contributed by atoms with Gasteiger partial charge in [0, 0.05) is 18.5 Å². The van der Waals surface area contributed by atoms with E-state index in [0.717, 1.165) is 12.1 Å². The highest BCUT2D eigenvalue weighted by atomic mass is 16.3. The quantitative estimate of drug-likeness (QED) is 0.708. The fourth-order valence-electron chi connectivity index (χ4n) is 1.96. The summed E-state index contributed by atoms with van der Waals surface area (Å²) in [5, 5.41) is 22.0. The first-order valence-electron chi connectivity index (χ1n) is 5.93. The van der Waals surface area contributed by atoms with Gasteiger partial charge in [-0.25, -0.2) is 0 Å². The van der Waals surface area contributed by atoms with E-state index in [1.165, 1.54) is 19.3 Å². The van der Waals surface area contributed by atoms with Gasteiger partial charge in [0.25, 0.3) is 0 Å². The van der Waals surface area contributed by atoms with E-state index in [1.807, 2.05) is 12.1 Å². The normalized spacial score (nSPS) is 18.1. The molecule has 1 aromatic rings. The fraction of sp³-hybridized carbons (Fsp3) is 0.538. The third kappa shape index (κ3) is 2.74. The molecule has 1 aromatic carbocycles. The molecule has 0 spiro atoms. The molecule has 0 saturated heterocycles. The van der Waals surface area contributed by atoms with Crippen molar-refractivity contribution in [3.63, 3.8) is 0 Å². The van der Waals surface area contributed by atoms with Crippen molar-refractivity contribution in [1.29, 1.82) is 0 Å². The van der Waals surface area contributed by atoms with E-state index in [-0.39, 0.29) is 18.3 Å². The lowest BCUT2D eigenvalue weighted by Crippen LogP contribution is -2.38. The van der Waals surface area contributed by atoms with E-state index in [2.05, 4.69) is 5.32 Å². The second kappa shape index (κ2) is 5.32. The molecule has 1 saturated carbocycles. The Bertz CT molecular complexity index is 319. The van der Waals surface area contributed by atoms with Crippen LogP contribution < -0.4 is 5.32 Å². The lowest BCUT2D eigenvalue weighted by Gasteiger charge is -2.28. The fourth-order valence-corrected chi connectivity index (χ4v) is 1.96. The van der Waals surface area contributed by atoms with Crippen LogP contribution in [0.5, 0.6) is 5.75 Å². The van der Waals surface area contributed by atoms with Crippen molar-refractivity contribution in [3.8, 4) is 5.75 Å². The first kappa shape index (κ1) is 11.4. The Balaban J connectivity index is 1.90. The van der Waals surface area contributed by atoms with Gasteiger partial charge in [-0.2, -0.15) is 0 Å². The zero-order valence-corrected chi connectivity index (χ0v) is 9.39. The van der Waals surface area contributed by atoms with Crippen LogP contribution in [0.15, 0.2) is 24.3 Å². The molecule has 0 radical (unpaired) electrons. The molecule has 0 amide bonds. The van der Waals surface area contributed by atoms with Gasteiger partial charge in [-0.1, -0.05) is 18.6 Å². The highest BCUT2D eigenvalue weighted by Gasteiger charge is 2.18. The predicted octanol–water partition coefficient (Wildman–Crippen LogP) is 1.61. The maximum Gasteiger partial charge on any atom is 0.115 e. The number of rotatable bonds is 5. The average molecular weight is 221 g/mol.